The Balaban J connectivity index is 1.57. The van der Waals surface area contributed by atoms with Crippen molar-refractivity contribution in [2.24, 2.45) is 0 Å². The van der Waals surface area contributed by atoms with Crippen LogP contribution >= 0.6 is 15.9 Å². The normalized spacial score (nSPS) is 10.6. The van der Waals surface area contributed by atoms with Gasteiger partial charge >= 0.3 is 0 Å². The van der Waals surface area contributed by atoms with E-state index in [9.17, 15) is 9.59 Å². The number of furan rings is 1. The summed E-state index contributed by atoms with van der Waals surface area (Å²) in [4.78, 5) is 25.2. The lowest BCUT2D eigenvalue weighted by atomic mass is 10.1. The summed E-state index contributed by atoms with van der Waals surface area (Å²) >= 11 is 3.38. The monoisotopic (exact) mass is 464 g/mol. The molecule has 0 saturated carbocycles. The maximum Gasteiger partial charge on any atom is 0.291 e. The second-order valence-electron chi connectivity index (χ2n) is 6.54. The van der Waals surface area contributed by atoms with E-state index in [0.717, 1.165) is 15.7 Å². The Kier molecular flexibility index (Phi) is 5.49. The topological polar surface area (TPSA) is 89.2 Å². The number of para-hydroxylation sites is 2. The average molecular weight is 465 g/mol. The molecule has 2 aromatic heterocycles. The minimum absolute atomic E-state index is 0.198. The molecule has 0 saturated heterocycles. The molecule has 0 spiro atoms. The van der Waals surface area contributed by atoms with Crippen molar-refractivity contribution in [3.63, 3.8) is 0 Å². The van der Waals surface area contributed by atoms with E-state index in [2.05, 4.69) is 31.7 Å². The van der Waals surface area contributed by atoms with Gasteiger partial charge in [-0.05, 0) is 64.8 Å². The van der Waals surface area contributed by atoms with E-state index in [-0.39, 0.29) is 17.6 Å². The lowest BCUT2D eigenvalue weighted by Gasteiger charge is -2.13. The quantitative estimate of drug-likeness (QED) is 0.432. The highest BCUT2D eigenvalue weighted by Gasteiger charge is 2.15. The van der Waals surface area contributed by atoms with Crippen LogP contribution in [0.5, 0.6) is 0 Å². The van der Waals surface area contributed by atoms with Crippen LogP contribution < -0.4 is 10.6 Å². The fraction of sp³-hybridized carbons (Fsp3) is 0.0455. The zero-order valence-electron chi connectivity index (χ0n) is 15.9. The summed E-state index contributed by atoms with van der Waals surface area (Å²) in [5.74, 6) is -0.485. The van der Waals surface area contributed by atoms with Crippen LogP contribution in [0.1, 0.15) is 26.5 Å². The number of carbonyl (C=O) groups excluding carboxylic acids is 2. The molecule has 0 aliphatic carbocycles. The number of hydrogen-bond acceptors (Lipinski definition) is 4. The molecule has 4 aromatic rings. The van der Waals surface area contributed by atoms with Crippen molar-refractivity contribution in [2.45, 2.75) is 6.92 Å². The van der Waals surface area contributed by atoms with Crippen molar-refractivity contribution in [1.82, 2.24) is 9.78 Å². The molecule has 2 N–H and O–H groups in total. The first-order chi connectivity index (χ1) is 14.5. The number of aromatic nitrogens is 2. The predicted molar refractivity (Wildman–Crippen MR) is 117 cm³/mol. The maximum absolute atomic E-state index is 12.9. The highest BCUT2D eigenvalue weighted by Crippen LogP contribution is 2.23. The molecule has 0 aliphatic rings. The lowest BCUT2D eigenvalue weighted by Crippen LogP contribution is -2.16. The predicted octanol–water partition coefficient (Wildman–Crippen LogP) is 5.04. The van der Waals surface area contributed by atoms with Crippen molar-refractivity contribution >= 4 is 39.1 Å². The van der Waals surface area contributed by atoms with Gasteiger partial charge in [0.25, 0.3) is 11.8 Å². The van der Waals surface area contributed by atoms with Crippen molar-refractivity contribution in [1.29, 1.82) is 0 Å². The zero-order valence-corrected chi connectivity index (χ0v) is 17.5. The molecular formula is C22H17BrN4O3. The first-order valence-corrected chi connectivity index (χ1v) is 9.87. The summed E-state index contributed by atoms with van der Waals surface area (Å²) in [7, 11) is 0. The molecule has 0 atom stereocenters. The van der Waals surface area contributed by atoms with Crippen LogP contribution in [-0.4, -0.2) is 21.6 Å². The van der Waals surface area contributed by atoms with Crippen LogP contribution in [0.25, 0.3) is 5.69 Å². The molecule has 0 fully saturated rings. The molecular weight excluding hydrogens is 448 g/mol. The van der Waals surface area contributed by atoms with E-state index in [4.69, 9.17) is 4.42 Å². The molecule has 8 heteroatoms. The molecule has 2 amide bonds. The van der Waals surface area contributed by atoms with Crippen LogP contribution in [0.3, 0.4) is 0 Å². The third-order valence-corrected chi connectivity index (χ3v) is 4.85. The van der Waals surface area contributed by atoms with Gasteiger partial charge in [0.15, 0.2) is 5.76 Å². The Hall–Kier alpha value is -3.65. The third-order valence-electron chi connectivity index (χ3n) is 4.44. The molecule has 2 heterocycles. The number of amides is 2. The van der Waals surface area contributed by atoms with Gasteiger partial charge in [-0.3, -0.25) is 9.59 Å². The molecule has 0 unspecified atom stereocenters. The van der Waals surface area contributed by atoms with E-state index in [1.54, 1.807) is 53.5 Å². The molecule has 7 nitrogen and oxygen atoms in total. The SMILES string of the molecule is Cc1ccc(C(=O)Nc2ccccc2-n2cc(Br)cn2)cc1NC(=O)c1ccco1. The number of carbonyl (C=O) groups is 2. The molecule has 4 rings (SSSR count). The number of nitrogens with zero attached hydrogens (tertiary/aromatic N) is 2. The van der Waals surface area contributed by atoms with E-state index < -0.39 is 0 Å². The summed E-state index contributed by atoms with van der Waals surface area (Å²) in [5, 5.41) is 9.97. The first kappa shape index (κ1) is 19.7. The van der Waals surface area contributed by atoms with Crippen LogP contribution in [-0.2, 0) is 0 Å². The van der Waals surface area contributed by atoms with Gasteiger partial charge < -0.3 is 15.1 Å². The van der Waals surface area contributed by atoms with E-state index in [0.29, 0.717) is 16.9 Å². The Bertz CT molecular complexity index is 1210. The second kappa shape index (κ2) is 8.38. The number of rotatable bonds is 5. The van der Waals surface area contributed by atoms with E-state index in [1.165, 1.54) is 6.26 Å². The van der Waals surface area contributed by atoms with Crippen molar-refractivity contribution in [3.8, 4) is 5.69 Å². The Morgan fingerprint density at radius 1 is 1.00 bits per heavy atom. The second-order valence-corrected chi connectivity index (χ2v) is 7.45. The van der Waals surface area contributed by atoms with Crippen molar-refractivity contribution < 1.29 is 14.0 Å². The van der Waals surface area contributed by atoms with Gasteiger partial charge in [-0.1, -0.05) is 18.2 Å². The summed E-state index contributed by atoms with van der Waals surface area (Å²) in [6.07, 6.45) is 4.91. The van der Waals surface area contributed by atoms with Gasteiger partial charge in [-0.25, -0.2) is 4.68 Å². The van der Waals surface area contributed by atoms with Crippen LogP contribution in [0.15, 0.2) is 82.1 Å². The molecule has 2 aromatic carbocycles. The number of hydrogen-bond donors (Lipinski definition) is 2. The number of benzene rings is 2. The number of nitrogens with one attached hydrogen (secondary N) is 2. The minimum Gasteiger partial charge on any atom is -0.459 e. The van der Waals surface area contributed by atoms with Crippen LogP contribution in [0, 0.1) is 6.92 Å². The lowest BCUT2D eigenvalue weighted by molar-refractivity contribution is 0.0993. The zero-order chi connectivity index (χ0) is 21.1. The molecule has 0 radical (unpaired) electrons. The van der Waals surface area contributed by atoms with Crippen molar-refractivity contribution in [3.05, 3.63) is 94.6 Å². The average Bonchev–Trinajstić information content (AvgIpc) is 3.42. The number of anilines is 2. The minimum atomic E-state index is -0.379. The maximum atomic E-state index is 12.9. The first-order valence-electron chi connectivity index (χ1n) is 9.08. The Morgan fingerprint density at radius 2 is 1.80 bits per heavy atom. The van der Waals surface area contributed by atoms with Gasteiger partial charge in [0, 0.05) is 17.4 Å². The van der Waals surface area contributed by atoms with Gasteiger partial charge in [0.1, 0.15) is 0 Å². The number of halogens is 1. The fourth-order valence-corrected chi connectivity index (χ4v) is 3.18. The summed E-state index contributed by atoms with van der Waals surface area (Å²) in [6.45, 7) is 1.85. The smallest absolute Gasteiger partial charge is 0.291 e. The van der Waals surface area contributed by atoms with Gasteiger partial charge in [-0.2, -0.15) is 5.10 Å². The largest absolute Gasteiger partial charge is 0.459 e. The van der Waals surface area contributed by atoms with Gasteiger partial charge in [0.2, 0.25) is 0 Å². The molecule has 150 valence electrons. The highest BCUT2D eigenvalue weighted by atomic mass is 79.9. The molecule has 0 aliphatic heterocycles. The van der Waals surface area contributed by atoms with E-state index >= 15 is 0 Å². The Morgan fingerprint density at radius 3 is 2.53 bits per heavy atom. The van der Waals surface area contributed by atoms with E-state index in [1.807, 2.05) is 25.1 Å². The summed E-state index contributed by atoms with van der Waals surface area (Å²) in [6, 6.07) is 15.7. The van der Waals surface area contributed by atoms with Crippen molar-refractivity contribution in [2.75, 3.05) is 10.6 Å². The third kappa shape index (κ3) is 4.18. The number of aryl methyl sites for hydroxylation is 1. The fourth-order valence-electron chi connectivity index (χ4n) is 2.90. The van der Waals surface area contributed by atoms with Gasteiger partial charge in [0.05, 0.1) is 28.3 Å². The standard InChI is InChI=1S/C22H17BrN4O3/c1-14-8-9-15(11-18(14)26-22(29)20-7-4-10-30-20)21(28)25-17-5-2-3-6-19(17)27-13-16(23)12-24-27/h2-13H,1H3,(H,25,28)(H,26,29). The van der Waals surface area contributed by atoms with Crippen LogP contribution in [0.4, 0.5) is 11.4 Å². The summed E-state index contributed by atoms with van der Waals surface area (Å²) < 4.78 is 7.62. The summed E-state index contributed by atoms with van der Waals surface area (Å²) in [5.41, 5.74) is 3.11. The molecule has 30 heavy (non-hydrogen) atoms. The highest BCUT2D eigenvalue weighted by molar-refractivity contribution is 9.10. The molecule has 0 bridgehead atoms. The van der Waals surface area contributed by atoms with Gasteiger partial charge in [-0.15, -0.1) is 0 Å². The Labute approximate surface area is 180 Å². The van der Waals surface area contributed by atoms with Crippen LogP contribution in [0.2, 0.25) is 0 Å².